The molecule has 0 saturated carbocycles. The Morgan fingerprint density at radius 3 is 2.59 bits per heavy atom. The number of hydrogen-bond donors (Lipinski definition) is 1. The summed E-state index contributed by atoms with van der Waals surface area (Å²) < 4.78 is 13.6. The summed E-state index contributed by atoms with van der Waals surface area (Å²) in [5.74, 6) is 1.96. The van der Waals surface area contributed by atoms with Crippen LogP contribution in [0.3, 0.4) is 0 Å². The first-order chi connectivity index (χ1) is 15.6. The highest BCUT2D eigenvalue weighted by Crippen LogP contribution is 2.47. The molecule has 0 fully saturated rings. The van der Waals surface area contributed by atoms with Crippen LogP contribution in [0.25, 0.3) is 10.8 Å². The van der Waals surface area contributed by atoms with Crippen LogP contribution in [0.2, 0.25) is 0 Å². The molecule has 162 valence electrons. The smallest absolute Gasteiger partial charge is 0.228 e. The lowest BCUT2D eigenvalue weighted by molar-refractivity contribution is 0.371. The molecule has 32 heavy (non-hydrogen) atoms. The Kier molecular flexibility index (Phi) is 5.15. The summed E-state index contributed by atoms with van der Waals surface area (Å²) in [5.41, 5.74) is 3.34. The van der Waals surface area contributed by atoms with E-state index in [1.165, 1.54) is 0 Å². The van der Waals surface area contributed by atoms with Gasteiger partial charge in [0, 0.05) is 30.0 Å². The Balaban J connectivity index is 1.73. The Labute approximate surface area is 187 Å². The third-order valence-corrected chi connectivity index (χ3v) is 6.03. The third-order valence-electron chi connectivity index (χ3n) is 6.03. The van der Waals surface area contributed by atoms with Gasteiger partial charge < -0.3 is 18.9 Å². The number of hydrogen-bond acceptors (Lipinski definition) is 5. The van der Waals surface area contributed by atoms with E-state index in [0.717, 1.165) is 45.5 Å². The van der Waals surface area contributed by atoms with E-state index >= 15 is 0 Å². The Hall–Kier alpha value is -3.64. The van der Waals surface area contributed by atoms with Crippen molar-refractivity contribution in [1.29, 1.82) is 5.41 Å². The van der Waals surface area contributed by atoms with Crippen LogP contribution >= 0.6 is 0 Å². The largest absolute Gasteiger partial charge is 0.497 e. The molecule has 0 radical (unpaired) electrons. The Bertz CT molecular complexity index is 1340. The molecule has 1 aromatic heterocycles. The van der Waals surface area contributed by atoms with E-state index in [9.17, 15) is 0 Å². The molecule has 1 aliphatic rings. The number of benzene rings is 3. The van der Waals surface area contributed by atoms with Gasteiger partial charge in [-0.2, -0.15) is 0 Å². The molecule has 1 aliphatic heterocycles. The SMILES string of the molecule is COc1ccc([C@@H]2c3ccc4ccccc4c3Oc3ncn(CCN(C)C)c(=N)c32)cc1. The maximum absolute atomic E-state index is 9.03. The molecule has 5 rings (SSSR count). The monoisotopic (exact) mass is 426 g/mol. The summed E-state index contributed by atoms with van der Waals surface area (Å²) in [6, 6.07) is 20.5. The second kappa shape index (κ2) is 8.13. The number of nitrogens with one attached hydrogen (secondary N) is 1. The molecule has 1 N–H and O–H groups in total. The maximum atomic E-state index is 9.03. The first kappa shape index (κ1) is 20.3. The summed E-state index contributed by atoms with van der Waals surface area (Å²) in [7, 11) is 5.72. The molecular weight excluding hydrogens is 400 g/mol. The van der Waals surface area contributed by atoms with Gasteiger partial charge in [-0.05, 0) is 37.2 Å². The second-order valence-corrected chi connectivity index (χ2v) is 8.32. The van der Waals surface area contributed by atoms with Crippen LogP contribution in [0.4, 0.5) is 0 Å². The number of methoxy groups -OCH3 is 1. The van der Waals surface area contributed by atoms with E-state index in [0.29, 0.717) is 17.9 Å². The normalized spacial score (nSPS) is 14.7. The number of likely N-dealkylation sites (N-methyl/N-ethyl adjacent to an activating group) is 1. The highest BCUT2D eigenvalue weighted by molar-refractivity contribution is 5.91. The van der Waals surface area contributed by atoms with Crippen molar-refractivity contribution >= 4 is 10.8 Å². The van der Waals surface area contributed by atoms with Gasteiger partial charge in [0.2, 0.25) is 5.88 Å². The lowest BCUT2D eigenvalue weighted by atomic mass is 9.83. The fourth-order valence-electron chi connectivity index (χ4n) is 4.32. The predicted molar refractivity (Wildman–Crippen MR) is 125 cm³/mol. The quantitative estimate of drug-likeness (QED) is 0.453. The maximum Gasteiger partial charge on any atom is 0.228 e. The lowest BCUT2D eigenvalue weighted by Gasteiger charge is -2.29. The molecule has 0 unspecified atom stereocenters. The Morgan fingerprint density at radius 2 is 1.84 bits per heavy atom. The predicted octanol–water partition coefficient (Wildman–Crippen LogP) is 4.37. The van der Waals surface area contributed by atoms with Crippen LogP contribution in [0, 0.1) is 5.41 Å². The number of aromatic nitrogens is 2. The van der Waals surface area contributed by atoms with Crippen molar-refractivity contribution in [3.63, 3.8) is 0 Å². The van der Waals surface area contributed by atoms with Gasteiger partial charge in [0.05, 0.1) is 12.7 Å². The van der Waals surface area contributed by atoms with E-state index in [1.807, 2.05) is 42.9 Å². The number of ether oxygens (including phenoxy) is 2. The second-order valence-electron chi connectivity index (χ2n) is 8.32. The summed E-state index contributed by atoms with van der Waals surface area (Å²) in [4.78, 5) is 6.75. The summed E-state index contributed by atoms with van der Waals surface area (Å²) in [6.07, 6.45) is 1.71. The van der Waals surface area contributed by atoms with Crippen LogP contribution in [0.15, 0.2) is 67.0 Å². The molecule has 6 nitrogen and oxygen atoms in total. The minimum atomic E-state index is -0.156. The van der Waals surface area contributed by atoms with Gasteiger partial charge in [0.25, 0.3) is 0 Å². The third kappa shape index (κ3) is 3.42. The van der Waals surface area contributed by atoms with Gasteiger partial charge in [0.1, 0.15) is 23.3 Å². The number of rotatable bonds is 5. The van der Waals surface area contributed by atoms with E-state index in [4.69, 9.17) is 14.9 Å². The molecule has 3 aromatic carbocycles. The van der Waals surface area contributed by atoms with Crippen molar-refractivity contribution in [2.45, 2.75) is 12.5 Å². The summed E-state index contributed by atoms with van der Waals surface area (Å²) in [6.45, 7) is 1.51. The van der Waals surface area contributed by atoms with E-state index in [2.05, 4.69) is 46.3 Å². The van der Waals surface area contributed by atoms with Gasteiger partial charge in [-0.1, -0.05) is 48.5 Å². The van der Waals surface area contributed by atoms with Gasteiger partial charge in [0.15, 0.2) is 0 Å². The van der Waals surface area contributed by atoms with Crippen LogP contribution < -0.4 is 15.0 Å². The highest BCUT2D eigenvalue weighted by atomic mass is 16.5. The molecule has 4 aromatic rings. The van der Waals surface area contributed by atoms with Crippen LogP contribution in [-0.4, -0.2) is 42.2 Å². The molecule has 6 heteroatoms. The average molecular weight is 427 g/mol. The van der Waals surface area contributed by atoms with Gasteiger partial charge >= 0.3 is 0 Å². The molecular formula is C26H26N4O2. The number of fused-ring (bicyclic) bond motifs is 4. The topological polar surface area (TPSA) is 63.4 Å². The zero-order valence-corrected chi connectivity index (χ0v) is 18.5. The Morgan fingerprint density at radius 1 is 1.06 bits per heavy atom. The molecule has 0 saturated heterocycles. The number of nitrogens with zero attached hydrogens (tertiary/aromatic N) is 3. The van der Waals surface area contributed by atoms with Crippen molar-refractivity contribution in [2.24, 2.45) is 0 Å². The molecule has 0 amide bonds. The van der Waals surface area contributed by atoms with Crippen LogP contribution in [0.5, 0.6) is 17.4 Å². The van der Waals surface area contributed by atoms with E-state index < -0.39 is 0 Å². The van der Waals surface area contributed by atoms with E-state index in [1.54, 1.807) is 13.4 Å². The summed E-state index contributed by atoms with van der Waals surface area (Å²) in [5, 5.41) is 11.2. The zero-order valence-electron chi connectivity index (χ0n) is 18.5. The molecule has 2 heterocycles. The summed E-state index contributed by atoms with van der Waals surface area (Å²) >= 11 is 0. The van der Waals surface area contributed by atoms with E-state index in [-0.39, 0.29) is 5.92 Å². The first-order valence-corrected chi connectivity index (χ1v) is 10.7. The van der Waals surface area contributed by atoms with Crippen molar-refractivity contribution in [3.05, 3.63) is 89.2 Å². The molecule has 0 aliphatic carbocycles. The lowest BCUT2D eigenvalue weighted by Crippen LogP contribution is -2.32. The van der Waals surface area contributed by atoms with Crippen molar-refractivity contribution < 1.29 is 9.47 Å². The van der Waals surface area contributed by atoms with Crippen molar-refractivity contribution in [1.82, 2.24) is 14.5 Å². The van der Waals surface area contributed by atoms with Crippen LogP contribution in [0.1, 0.15) is 22.6 Å². The molecule has 0 spiro atoms. The van der Waals surface area contributed by atoms with Crippen LogP contribution in [-0.2, 0) is 6.54 Å². The van der Waals surface area contributed by atoms with Gasteiger partial charge in [-0.15, -0.1) is 0 Å². The fourth-order valence-corrected chi connectivity index (χ4v) is 4.32. The first-order valence-electron chi connectivity index (χ1n) is 10.7. The van der Waals surface area contributed by atoms with Gasteiger partial charge in [-0.3, -0.25) is 5.41 Å². The minimum absolute atomic E-state index is 0.156. The van der Waals surface area contributed by atoms with Crippen molar-refractivity contribution in [2.75, 3.05) is 27.7 Å². The molecule has 1 atom stereocenters. The standard InChI is InChI=1S/C26H26N4O2/c1-29(2)14-15-30-16-28-26-23(25(30)27)22(18-8-11-19(31-3)12-9-18)21-13-10-17-6-4-5-7-20(17)24(21)32-26/h4-13,16,22,27H,14-15H2,1-3H3/t22-/m1/s1. The van der Waals surface area contributed by atoms with Crippen molar-refractivity contribution in [3.8, 4) is 17.4 Å². The van der Waals surface area contributed by atoms with Gasteiger partial charge in [-0.25, -0.2) is 4.98 Å². The zero-order chi connectivity index (χ0) is 22.2. The fraction of sp³-hybridized carbons (Fsp3) is 0.231. The minimum Gasteiger partial charge on any atom is -0.497 e. The highest BCUT2D eigenvalue weighted by Gasteiger charge is 2.33. The molecule has 0 bridgehead atoms. The average Bonchev–Trinajstić information content (AvgIpc) is 2.82.